The van der Waals surface area contributed by atoms with Gasteiger partial charge >= 0.3 is 11.6 Å². The van der Waals surface area contributed by atoms with Gasteiger partial charge < -0.3 is 10.1 Å². The van der Waals surface area contributed by atoms with Crippen molar-refractivity contribution in [1.82, 2.24) is 9.97 Å². The van der Waals surface area contributed by atoms with Gasteiger partial charge in [-0.2, -0.15) is 4.98 Å². The third-order valence-corrected chi connectivity index (χ3v) is 3.77. The van der Waals surface area contributed by atoms with Gasteiger partial charge in [-0.15, -0.1) is 0 Å². The number of benzene rings is 2. The topological polar surface area (TPSA) is 90.2 Å². The largest absolute Gasteiger partial charge is 0.434 e. The molecule has 0 bridgehead atoms. The van der Waals surface area contributed by atoms with Crippen LogP contribution in [0.3, 0.4) is 0 Å². The molecule has 0 fully saturated rings. The molecule has 132 valence electrons. The fraction of sp³-hybridized carbons (Fsp3) is 0.111. The zero-order chi connectivity index (χ0) is 18.7. The zero-order valence-corrected chi connectivity index (χ0v) is 14.1. The van der Waals surface area contributed by atoms with Gasteiger partial charge in [0.05, 0.1) is 4.92 Å². The van der Waals surface area contributed by atoms with Gasteiger partial charge in [0.2, 0.25) is 5.82 Å². The summed E-state index contributed by atoms with van der Waals surface area (Å²) in [6.45, 7) is 3.87. The highest BCUT2D eigenvalue weighted by Gasteiger charge is 2.25. The number of aromatic nitrogens is 2. The van der Waals surface area contributed by atoms with E-state index in [2.05, 4.69) is 15.3 Å². The van der Waals surface area contributed by atoms with Crippen molar-refractivity contribution < 1.29 is 14.1 Å². The molecule has 0 spiro atoms. The molecule has 0 aliphatic rings. The van der Waals surface area contributed by atoms with E-state index >= 15 is 0 Å². The number of ether oxygens (including phenoxy) is 1. The Morgan fingerprint density at radius 3 is 2.46 bits per heavy atom. The summed E-state index contributed by atoms with van der Waals surface area (Å²) < 4.78 is 18.6. The standard InChI is InChI=1S/C18H15FN4O3/c1-11-3-8-15(9-12(11)2)26-18-16(23(24)25)17(20-10-21-18)22-14-6-4-13(19)5-7-14/h3-10H,1-2H3,(H,20,21,22). The molecule has 8 heteroatoms. The monoisotopic (exact) mass is 354 g/mol. The molecule has 3 aromatic rings. The summed E-state index contributed by atoms with van der Waals surface area (Å²) in [5, 5.41) is 14.3. The Hall–Kier alpha value is -3.55. The minimum Gasteiger partial charge on any atom is -0.434 e. The highest BCUT2D eigenvalue weighted by molar-refractivity contribution is 5.68. The number of nitrogens with one attached hydrogen (secondary N) is 1. The zero-order valence-electron chi connectivity index (χ0n) is 14.1. The summed E-state index contributed by atoms with van der Waals surface area (Å²) in [6.07, 6.45) is 1.16. The first-order valence-corrected chi connectivity index (χ1v) is 7.71. The smallest absolute Gasteiger partial charge is 0.373 e. The number of rotatable bonds is 5. The lowest BCUT2D eigenvalue weighted by atomic mass is 10.1. The molecule has 3 rings (SSSR count). The van der Waals surface area contributed by atoms with Gasteiger partial charge in [0, 0.05) is 5.69 Å². The van der Waals surface area contributed by atoms with Crippen molar-refractivity contribution in [3.05, 3.63) is 75.9 Å². The van der Waals surface area contributed by atoms with Gasteiger partial charge in [-0.25, -0.2) is 9.37 Å². The van der Waals surface area contributed by atoms with Crippen LogP contribution in [0.15, 0.2) is 48.8 Å². The average molecular weight is 354 g/mol. The van der Waals surface area contributed by atoms with Gasteiger partial charge in [0.15, 0.2) is 0 Å². The Balaban J connectivity index is 1.96. The van der Waals surface area contributed by atoms with Crippen molar-refractivity contribution in [3.8, 4) is 11.6 Å². The first kappa shape index (κ1) is 17.3. The Bertz CT molecular complexity index is 961. The molecule has 0 aliphatic heterocycles. The minimum atomic E-state index is -0.623. The quantitative estimate of drug-likeness (QED) is 0.529. The normalized spacial score (nSPS) is 10.4. The van der Waals surface area contributed by atoms with Crippen LogP contribution in [0.2, 0.25) is 0 Å². The van der Waals surface area contributed by atoms with Crippen LogP contribution in [-0.2, 0) is 0 Å². The molecule has 0 radical (unpaired) electrons. The molecule has 1 heterocycles. The predicted octanol–water partition coefficient (Wildman–Crippen LogP) is 4.68. The molecule has 1 aromatic heterocycles. The lowest BCUT2D eigenvalue weighted by Crippen LogP contribution is -2.03. The van der Waals surface area contributed by atoms with E-state index in [4.69, 9.17) is 4.74 Å². The van der Waals surface area contributed by atoms with Crippen LogP contribution >= 0.6 is 0 Å². The Labute approximate surface area is 148 Å². The fourth-order valence-electron chi connectivity index (χ4n) is 2.25. The van der Waals surface area contributed by atoms with Crippen molar-refractivity contribution in [2.75, 3.05) is 5.32 Å². The van der Waals surface area contributed by atoms with E-state index in [-0.39, 0.29) is 11.7 Å². The number of aryl methyl sites for hydroxylation is 2. The van der Waals surface area contributed by atoms with Crippen molar-refractivity contribution >= 4 is 17.2 Å². The van der Waals surface area contributed by atoms with Gasteiger partial charge in [0.1, 0.15) is 17.9 Å². The molecule has 0 saturated heterocycles. The molecule has 0 saturated carbocycles. The Morgan fingerprint density at radius 1 is 1.08 bits per heavy atom. The number of hydrogen-bond donors (Lipinski definition) is 1. The van der Waals surface area contributed by atoms with Crippen LogP contribution in [0, 0.1) is 29.8 Å². The average Bonchev–Trinajstić information content (AvgIpc) is 2.60. The summed E-state index contributed by atoms with van der Waals surface area (Å²) in [5.41, 5.74) is 2.11. The number of nitro groups is 1. The molecule has 0 atom stereocenters. The fourth-order valence-corrected chi connectivity index (χ4v) is 2.25. The summed E-state index contributed by atoms with van der Waals surface area (Å²) in [6, 6.07) is 10.7. The molecule has 0 amide bonds. The summed E-state index contributed by atoms with van der Waals surface area (Å²) in [5.74, 6) is -0.206. The SMILES string of the molecule is Cc1ccc(Oc2ncnc(Nc3ccc(F)cc3)c2[N+](=O)[O-])cc1C. The molecule has 7 nitrogen and oxygen atoms in total. The van der Waals surface area contributed by atoms with E-state index in [0.29, 0.717) is 11.4 Å². The first-order chi connectivity index (χ1) is 12.4. The van der Waals surface area contributed by atoms with Crippen LogP contribution in [0.4, 0.5) is 21.6 Å². The van der Waals surface area contributed by atoms with E-state index < -0.39 is 16.4 Å². The van der Waals surface area contributed by atoms with E-state index in [1.54, 1.807) is 12.1 Å². The Morgan fingerprint density at radius 2 is 1.81 bits per heavy atom. The maximum Gasteiger partial charge on any atom is 0.373 e. The van der Waals surface area contributed by atoms with Crippen LogP contribution < -0.4 is 10.1 Å². The van der Waals surface area contributed by atoms with Crippen molar-refractivity contribution in [2.45, 2.75) is 13.8 Å². The molecule has 2 aromatic carbocycles. The number of hydrogen-bond acceptors (Lipinski definition) is 6. The highest BCUT2D eigenvalue weighted by Crippen LogP contribution is 2.35. The third kappa shape index (κ3) is 3.75. The van der Waals surface area contributed by atoms with Crippen molar-refractivity contribution in [2.24, 2.45) is 0 Å². The van der Waals surface area contributed by atoms with Gasteiger partial charge in [0.25, 0.3) is 0 Å². The Kier molecular flexibility index (Phi) is 4.74. The second kappa shape index (κ2) is 7.14. The molecule has 0 unspecified atom stereocenters. The van der Waals surface area contributed by atoms with Crippen molar-refractivity contribution in [3.63, 3.8) is 0 Å². The van der Waals surface area contributed by atoms with E-state index in [0.717, 1.165) is 17.5 Å². The minimum absolute atomic E-state index is 0.0459. The molecule has 0 aliphatic carbocycles. The number of halogens is 1. The predicted molar refractivity (Wildman–Crippen MR) is 94.4 cm³/mol. The van der Waals surface area contributed by atoms with Gasteiger partial charge in [-0.1, -0.05) is 6.07 Å². The molecule has 1 N–H and O–H groups in total. The van der Waals surface area contributed by atoms with Crippen LogP contribution in [0.1, 0.15) is 11.1 Å². The summed E-state index contributed by atoms with van der Waals surface area (Å²) in [4.78, 5) is 18.7. The first-order valence-electron chi connectivity index (χ1n) is 7.71. The van der Waals surface area contributed by atoms with E-state index in [9.17, 15) is 14.5 Å². The highest BCUT2D eigenvalue weighted by atomic mass is 19.1. The lowest BCUT2D eigenvalue weighted by molar-refractivity contribution is -0.385. The van der Waals surface area contributed by atoms with Crippen LogP contribution in [-0.4, -0.2) is 14.9 Å². The second-order valence-corrected chi connectivity index (χ2v) is 5.61. The van der Waals surface area contributed by atoms with Gasteiger partial charge in [-0.3, -0.25) is 10.1 Å². The number of anilines is 2. The van der Waals surface area contributed by atoms with E-state index in [1.165, 1.54) is 24.3 Å². The lowest BCUT2D eigenvalue weighted by Gasteiger charge is -2.10. The summed E-state index contributed by atoms with van der Waals surface area (Å²) in [7, 11) is 0. The molecular weight excluding hydrogens is 339 g/mol. The second-order valence-electron chi connectivity index (χ2n) is 5.61. The van der Waals surface area contributed by atoms with Crippen LogP contribution in [0.5, 0.6) is 11.6 Å². The molecule has 26 heavy (non-hydrogen) atoms. The third-order valence-electron chi connectivity index (χ3n) is 3.77. The summed E-state index contributed by atoms with van der Waals surface area (Å²) >= 11 is 0. The van der Waals surface area contributed by atoms with Gasteiger partial charge in [-0.05, 0) is 61.4 Å². The number of nitrogens with zero attached hydrogens (tertiary/aromatic N) is 3. The van der Waals surface area contributed by atoms with Crippen molar-refractivity contribution in [1.29, 1.82) is 0 Å². The van der Waals surface area contributed by atoms with Crippen LogP contribution in [0.25, 0.3) is 0 Å². The van der Waals surface area contributed by atoms with E-state index in [1.807, 2.05) is 19.9 Å². The maximum absolute atomic E-state index is 13.0. The maximum atomic E-state index is 13.0. The molecular formula is C18H15FN4O3.